The zero-order valence-electron chi connectivity index (χ0n) is 15.8. The predicted molar refractivity (Wildman–Crippen MR) is 107 cm³/mol. The number of piperazine rings is 1. The van der Waals surface area contributed by atoms with Crippen LogP contribution in [0, 0.1) is 11.3 Å². The van der Waals surface area contributed by atoms with E-state index in [-0.39, 0.29) is 6.61 Å². The van der Waals surface area contributed by atoms with Crippen LogP contribution in [0.5, 0.6) is 0 Å². The smallest absolute Gasteiger partial charge is 0.330 e. The van der Waals surface area contributed by atoms with Gasteiger partial charge in [0, 0.05) is 44.1 Å². The van der Waals surface area contributed by atoms with Crippen molar-refractivity contribution >= 4 is 22.8 Å². The molecule has 0 aliphatic carbocycles. The summed E-state index contributed by atoms with van der Waals surface area (Å²) in [6.45, 7) is 3.11. The van der Waals surface area contributed by atoms with Crippen LogP contribution < -0.4 is 10.2 Å². The first-order chi connectivity index (χ1) is 14.3. The minimum absolute atomic E-state index is 0.0504. The van der Waals surface area contributed by atoms with Crippen molar-refractivity contribution in [2.24, 2.45) is 0 Å². The van der Waals surface area contributed by atoms with Gasteiger partial charge in [0.25, 0.3) is 0 Å². The summed E-state index contributed by atoms with van der Waals surface area (Å²) < 4.78 is 5.39. The Morgan fingerprint density at radius 3 is 2.62 bits per heavy atom. The molecular weight excluding hydrogens is 368 g/mol. The van der Waals surface area contributed by atoms with Crippen LogP contribution in [-0.2, 0) is 16.1 Å². The van der Waals surface area contributed by atoms with E-state index in [0.29, 0.717) is 17.0 Å². The molecule has 8 heteroatoms. The van der Waals surface area contributed by atoms with Crippen molar-refractivity contribution in [3.8, 4) is 6.07 Å². The summed E-state index contributed by atoms with van der Waals surface area (Å²) in [4.78, 5) is 28.2. The third kappa shape index (κ3) is 4.15. The summed E-state index contributed by atoms with van der Waals surface area (Å²) in [5.41, 5.74) is 2.46. The Kier molecular flexibility index (Phi) is 5.59. The molecule has 1 N–H and O–H groups in total. The maximum atomic E-state index is 12.8. The number of rotatable bonds is 5. The van der Waals surface area contributed by atoms with E-state index in [1.807, 2.05) is 30.3 Å². The number of nitrogens with zero attached hydrogens (tertiary/aromatic N) is 5. The van der Waals surface area contributed by atoms with Gasteiger partial charge in [-0.3, -0.25) is 9.78 Å². The molecule has 1 saturated heterocycles. The highest BCUT2D eigenvalue weighted by Crippen LogP contribution is 2.28. The molecule has 3 aromatic rings. The van der Waals surface area contributed by atoms with Gasteiger partial charge in [0.1, 0.15) is 12.3 Å². The molecule has 0 radical (unpaired) electrons. The van der Waals surface area contributed by atoms with Crippen LogP contribution in [-0.4, -0.2) is 47.1 Å². The van der Waals surface area contributed by atoms with Crippen LogP contribution in [0.3, 0.4) is 0 Å². The highest BCUT2D eigenvalue weighted by atomic mass is 16.5. The predicted octanol–water partition coefficient (Wildman–Crippen LogP) is 1.78. The van der Waals surface area contributed by atoms with E-state index < -0.39 is 11.9 Å². The van der Waals surface area contributed by atoms with Crippen molar-refractivity contribution < 1.29 is 9.53 Å². The Morgan fingerprint density at radius 1 is 1.17 bits per heavy atom. The van der Waals surface area contributed by atoms with Crippen LogP contribution in [0.1, 0.15) is 17.2 Å². The largest absolute Gasteiger partial charge is 0.459 e. The van der Waals surface area contributed by atoms with Crippen LogP contribution in [0.15, 0.2) is 48.8 Å². The van der Waals surface area contributed by atoms with Gasteiger partial charge < -0.3 is 15.0 Å². The zero-order chi connectivity index (χ0) is 20.1. The number of fused-ring (bicyclic) bond motifs is 1. The lowest BCUT2D eigenvalue weighted by molar-refractivity contribution is -0.145. The molecule has 0 bridgehead atoms. The summed E-state index contributed by atoms with van der Waals surface area (Å²) in [7, 11) is 0. The molecule has 1 aromatic carbocycles. The summed E-state index contributed by atoms with van der Waals surface area (Å²) in [6.07, 6.45) is 3.27. The Hall–Kier alpha value is -3.57. The number of hydrogen-bond donors (Lipinski definition) is 1. The molecule has 4 rings (SSSR count). The monoisotopic (exact) mass is 388 g/mol. The maximum Gasteiger partial charge on any atom is 0.330 e. The van der Waals surface area contributed by atoms with Crippen molar-refractivity contribution in [1.29, 1.82) is 5.26 Å². The molecule has 1 unspecified atom stereocenters. The average molecular weight is 388 g/mol. The van der Waals surface area contributed by atoms with Gasteiger partial charge in [-0.15, -0.1) is 0 Å². The number of carbonyl (C=O) groups excluding carboxylic acids is 1. The fraction of sp³-hybridized carbons (Fsp3) is 0.286. The molecule has 0 amide bonds. The molecule has 0 saturated carbocycles. The van der Waals surface area contributed by atoms with Gasteiger partial charge in [-0.1, -0.05) is 18.2 Å². The van der Waals surface area contributed by atoms with E-state index >= 15 is 0 Å². The van der Waals surface area contributed by atoms with Gasteiger partial charge in [-0.05, 0) is 18.2 Å². The Balaban J connectivity index is 1.67. The average Bonchev–Trinajstić information content (AvgIpc) is 2.79. The Morgan fingerprint density at radius 2 is 1.93 bits per heavy atom. The number of esters is 1. The number of hydrogen-bond acceptors (Lipinski definition) is 8. The van der Waals surface area contributed by atoms with E-state index in [1.165, 1.54) is 0 Å². The number of pyridine rings is 1. The minimum Gasteiger partial charge on any atom is -0.459 e. The first kappa shape index (κ1) is 18.8. The number of aromatic nitrogens is 3. The van der Waals surface area contributed by atoms with E-state index in [2.05, 4.69) is 26.3 Å². The van der Waals surface area contributed by atoms with Gasteiger partial charge >= 0.3 is 5.97 Å². The molecule has 8 nitrogen and oxygen atoms in total. The molecule has 1 atom stereocenters. The van der Waals surface area contributed by atoms with Gasteiger partial charge in [0.2, 0.25) is 0 Å². The first-order valence-electron chi connectivity index (χ1n) is 9.44. The third-order valence-corrected chi connectivity index (χ3v) is 4.74. The van der Waals surface area contributed by atoms with E-state index in [4.69, 9.17) is 9.72 Å². The fourth-order valence-corrected chi connectivity index (χ4v) is 3.25. The van der Waals surface area contributed by atoms with Gasteiger partial charge in [0.05, 0.1) is 17.1 Å². The lowest BCUT2D eigenvalue weighted by atomic mass is 10.1. The summed E-state index contributed by atoms with van der Waals surface area (Å²) in [6, 6.07) is 13.1. The van der Waals surface area contributed by atoms with Crippen molar-refractivity contribution in [1.82, 2.24) is 20.3 Å². The van der Waals surface area contributed by atoms with Crippen molar-refractivity contribution in [2.75, 3.05) is 31.1 Å². The van der Waals surface area contributed by atoms with Crippen molar-refractivity contribution in [3.05, 3.63) is 60.0 Å². The molecule has 0 spiro atoms. The SMILES string of the molecule is N#CC(C(=O)OCc1cccnc1)c1nc2ccccc2nc1N1CCNCC1. The molecule has 29 heavy (non-hydrogen) atoms. The number of anilines is 1. The number of nitrogens with one attached hydrogen (secondary N) is 1. The summed E-state index contributed by atoms with van der Waals surface area (Å²) in [5, 5.41) is 13.1. The zero-order valence-corrected chi connectivity index (χ0v) is 15.8. The minimum atomic E-state index is -1.16. The van der Waals surface area contributed by atoms with Crippen molar-refractivity contribution in [2.45, 2.75) is 12.5 Å². The van der Waals surface area contributed by atoms with Crippen molar-refractivity contribution in [3.63, 3.8) is 0 Å². The second-order valence-corrected chi connectivity index (χ2v) is 6.69. The van der Waals surface area contributed by atoms with Gasteiger partial charge in [-0.25, -0.2) is 9.97 Å². The number of carbonyl (C=O) groups is 1. The normalized spacial score (nSPS) is 14.9. The maximum absolute atomic E-state index is 12.8. The molecule has 2 aromatic heterocycles. The van der Waals surface area contributed by atoms with Crippen LogP contribution in [0.4, 0.5) is 5.82 Å². The first-order valence-corrected chi connectivity index (χ1v) is 9.44. The number of benzene rings is 1. The molecule has 3 heterocycles. The van der Waals surface area contributed by atoms with Crippen LogP contribution in [0.2, 0.25) is 0 Å². The lowest BCUT2D eigenvalue weighted by Crippen LogP contribution is -2.44. The molecule has 1 fully saturated rings. The topological polar surface area (TPSA) is 104 Å². The van der Waals surface area contributed by atoms with E-state index in [9.17, 15) is 10.1 Å². The highest BCUT2D eigenvalue weighted by molar-refractivity contribution is 5.85. The number of ether oxygens (including phenoxy) is 1. The second kappa shape index (κ2) is 8.63. The molecule has 146 valence electrons. The van der Waals surface area contributed by atoms with E-state index in [0.717, 1.165) is 37.3 Å². The Labute approximate surface area is 168 Å². The number of nitriles is 1. The summed E-state index contributed by atoms with van der Waals surface area (Å²) >= 11 is 0. The van der Waals surface area contributed by atoms with E-state index in [1.54, 1.807) is 18.5 Å². The number of para-hydroxylation sites is 2. The second-order valence-electron chi connectivity index (χ2n) is 6.69. The molecule has 1 aliphatic heterocycles. The Bertz CT molecular complexity index is 1040. The molecule has 1 aliphatic rings. The molecular formula is C21H20N6O2. The van der Waals surface area contributed by atoms with Crippen LogP contribution in [0.25, 0.3) is 11.0 Å². The van der Waals surface area contributed by atoms with Gasteiger partial charge in [0.15, 0.2) is 11.7 Å². The van der Waals surface area contributed by atoms with Crippen LogP contribution >= 0.6 is 0 Å². The van der Waals surface area contributed by atoms with Gasteiger partial charge in [-0.2, -0.15) is 5.26 Å². The quantitative estimate of drug-likeness (QED) is 0.660. The lowest BCUT2D eigenvalue weighted by Gasteiger charge is -2.30. The third-order valence-electron chi connectivity index (χ3n) is 4.74. The fourth-order valence-electron chi connectivity index (χ4n) is 3.25. The summed E-state index contributed by atoms with van der Waals surface area (Å²) in [5.74, 6) is -1.24. The highest BCUT2D eigenvalue weighted by Gasteiger charge is 2.30. The standard InChI is InChI=1S/C21H20N6O2/c22-12-16(21(28)29-14-15-4-3-7-24-13-15)19-20(27-10-8-23-9-11-27)26-18-6-2-1-5-17(18)25-19/h1-7,13,16,23H,8-11,14H2.